The fraction of sp³-hybridized carbons (Fsp3) is 0.214. The number of ether oxygens (including phenoxy) is 1. The van der Waals surface area contributed by atoms with Crippen LogP contribution in [0.2, 0.25) is 0 Å². The normalized spacial score (nSPS) is 11.5. The third kappa shape index (κ3) is 3.69. The summed E-state index contributed by atoms with van der Waals surface area (Å²) in [5.74, 6) is -1.53. The van der Waals surface area contributed by atoms with E-state index in [2.05, 4.69) is 4.98 Å². The number of aromatic nitrogens is 1. The number of rotatable bonds is 3. The third-order valence-corrected chi connectivity index (χ3v) is 2.64. The van der Waals surface area contributed by atoms with Crippen molar-refractivity contribution in [3.63, 3.8) is 0 Å². The zero-order valence-electron chi connectivity index (χ0n) is 10.9. The summed E-state index contributed by atoms with van der Waals surface area (Å²) >= 11 is 0. The van der Waals surface area contributed by atoms with E-state index in [-0.39, 0.29) is 18.2 Å². The molecule has 0 saturated carbocycles. The average Bonchev–Trinajstić information content (AvgIpc) is 2.39. The first-order chi connectivity index (χ1) is 9.79. The highest BCUT2D eigenvalue weighted by Crippen LogP contribution is 2.34. The molecule has 112 valence electrons. The molecule has 1 aromatic heterocycles. The minimum atomic E-state index is -4.81. The van der Waals surface area contributed by atoms with Gasteiger partial charge in [0.25, 0.3) is 0 Å². The van der Waals surface area contributed by atoms with Crippen LogP contribution in [0.15, 0.2) is 30.3 Å². The van der Waals surface area contributed by atoms with Crippen molar-refractivity contribution in [2.75, 3.05) is 0 Å². The van der Waals surface area contributed by atoms with Gasteiger partial charge in [0.1, 0.15) is 11.6 Å². The van der Waals surface area contributed by atoms with Gasteiger partial charge in [-0.3, -0.25) is 0 Å². The largest absolute Gasteiger partial charge is 0.439 e. The van der Waals surface area contributed by atoms with E-state index in [9.17, 15) is 17.6 Å². The number of aliphatic hydroxyl groups is 1. The summed E-state index contributed by atoms with van der Waals surface area (Å²) in [5, 5.41) is 9.06. The van der Waals surface area contributed by atoms with E-state index < -0.39 is 17.6 Å². The SMILES string of the molecule is Cc1cc(CO)cc(Oc2ccc(F)c(C(F)(F)F)c2)n1. The lowest BCUT2D eigenvalue weighted by Gasteiger charge is -2.11. The number of aliphatic hydroxyl groups excluding tert-OH is 1. The maximum atomic E-state index is 13.2. The molecule has 2 rings (SSSR count). The first-order valence-electron chi connectivity index (χ1n) is 5.92. The Balaban J connectivity index is 2.34. The van der Waals surface area contributed by atoms with Gasteiger partial charge in [-0.1, -0.05) is 0 Å². The van der Waals surface area contributed by atoms with E-state index in [1.165, 1.54) is 6.07 Å². The topological polar surface area (TPSA) is 42.4 Å². The Morgan fingerprint density at radius 1 is 1.19 bits per heavy atom. The molecule has 0 saturated heterocycles. The van der Waals surface area contributed by atoms with Crippen molar-refractivity contribution in [2.45, 2.75) is 19.7 Å². The van der Waals surface area contributed by atoms with Crippen molar-refractivity contribution in [1.29, 1.82) is 0 Å². The Bertz CT molecular complexity index is 656. The molecule has 21 heavy (non-hydrogen) atoms. The van der Waals surface area contributed by atoms with Gasteiger partial charge in [-0.05, 0) is 36.8 Å². The summed E-state index contributed by atoms with van der Waals surface area (Å²) in [6.07, 6.45) is -4.81. The minimum Gasteiger partial charge on any atom is -0.439 e. The molecule has 0 amide bonds. The number of nitrogens with zero attached hydrogens (tertiary/aromatic N) is 1. The number of aryl methyl sites for hydroxylation is 1. The molecule has 1 heterocycles. The Kier molecular flexibility index (Phi) is 4.13. The van der Waals surface area contributed by atoms with E-state index in [0.717, 1.165) is 6.07 Å². The van der Waals surface area contributed by atoms with Crippen LogP contribution >= 0.6 is 0 Å². The van der Waals surface area contributed by atoms with Crippen molar-refractivity contribution < 1.29 is 27.4 Å². The number of pyridine rings is 1. The van der Waals surface area contributed by atoms with Gasteiger partial charge in [0.15, 0.2) is 0 Å². The molecule has 0 aliphatic rings. The lowest BCUT2D eigenvalue weighted by atomic mass is 10.2. The fourth-order valence-corrected chi connectivity index (χ4v) is 1.76. The minimum absolute atomic E-state index is 0.0267. The molecule has 0 fully saturated rings. The standard InChI is InChI=1S/C14H11F4NO2/c1-8-4-9(7-20)5-13(19-8)21-10-2-3-12(15)11(6-10)14(16,17)18/h2-6,20H,7H2,1H3. The summed E-state index contributed by atoms with van der Waals surface area (Å²) in [5.41, 5.74) is -0.361. The Morgan fingerprint density at radius 2 is 1.90 bits per heavy atom. The molecule has 1 N–H and O–H groups in total. The number of benzene rings is 1. The highest BCUT2D eigenvalue weighted by molar-refractivity contribution is 5.35. The number of halogens is 4. The summed E-state index contributed by atoms with van der Waals surface area (Å²) in [6.45, 7) is 1.40. The van der Waals surface area contributed by atoms with Crippen LogP contribution in [0.3, 0.4) is 0 Å². The Morgan fingerprint density at radius 3 is 2.52 bits per heavy atom. The smallest absolute Gasteiger partial charge is 0.419 e. The van der Waals surface area contributed by atoms with Crippen LogP contribution in [0.25, 0.3) is 0 Å². The van der Waals surface area contributed by atoms with Gasteiger partial charge in [-0.15, -0.1) is 0 Å². The molecule has 7 heteroatoms. The summed E-state index contributed by atoms with van der Waals surface area (Å²) in [6, 6.07) is 5.33. The van der Waals surface area contributed by atoms with Gasteiger partial charge in [-0.25, -0.2) is 9.37 Å². The second kappa shape index (κ2) is 5.69. The van der Waals surface area contributed by atoms with Crippen molar-refractivity contribution in [2.24, 2.45) is 0 Å². The molecule has 0 aliphatic heterocycles. The quantitative estimate of drug-likeness (QED) is 0.876. The van der Waals surface area contributed by atoms with Crippen LogP contribution < -0.4 is 4.74 Å². The monoisotopic (exact) mass is 301 g/mol. The maximum Gasteiger partial charge on any atom is 0.419 e. The molecule has 0 spiro atoms. The fourth-order valence-electron chi connectivity index (χ4n) is 1.76. The second-order valence-corrected chi connectivity index (χ2v) is 4.35. The summed E-state index contributed by atoms with van der Waals surface area (Å²) < 4.78 is 56.2. The molecule has 0 aliphatic carbocycles. The van der Waals surface area contributed by atoms with Crippen LogP contribution in [0.1, 0.15) is 16.8 Å². The Labute approximate surface area is 117 Å². The van der Waals surface area contributed by atoms with Crippen molar-refractivity contribution in [3.05, 3.63) is 53.0 Å². The summed E-state index contributed by atoms with van der Waals surface area (Å²) in [7, 11) is 0. The van der Waals surface area contributed by atoms with Crippen LogP contribution in [-0.2, 0) is 12.8 Å². The van der Waals surface area contributed by atoms with Crippen molar-refractivity contribution in [1.82, 2.24) is 4.98 Å². The van der Waals surface area contributed by atoms with Crippen LogP contribution in [0.5, 0.6) is 11.6 Å². The first kappa shape index (κ1) is 15.2. The molecule has 2 aromatic rings. The van der Waals surface area contributed by atoms with Gasteiger partial charge >= 0.3 is 6.18 Å². The predicted octanol–water partition coefficient (Wildman–Crippen LogP) is 3.83. The Hall–Kier alpha value is -2.15. The van der Waals surface area contributed by atoms with Gasteiger partial charge in [0, 0.05) is 11.8 Å². The van der Waals surface area contributed by atoms with E-state index in [1.54, 1.807) is 13.0 Å². The van der Waals surface area contributed by atoms with Crippen LogP contribution in [0.4, 0.5) is 17.6 Å². The first-order valence-corrected chi connectivity index (χ1v) is 5.92. The number of hydrogen-bond acceptors (Lipinski definition) is 3. The summed E-state index contributed by atoms with van der Waals surface area (Å²) in [4.78, 5) is 3.98. The molecule has 1 aromatic carbocycles. The molecule has 0 unspecified atom stereocenters. The third-order valence-electron chi connectivity index (χ3n) is 2.64. The van der Waals surface area contributed by atoms with E-state index in [1.807, 2.05) is 0 Å². The number of alkyl halides is 3. The van der Waals surface area contributed by atoms with Gasteiger partial charge in [0.05, 0.1) is 12.2 Å². The molecule has 0 radical (unpaired) electrons. The van der Waals surface area contributed by atoms with Crippen molar-refractivity contribution in [3.8, 4) is 11.6 Å². The highest BCUT2D eigenvalue weighted by atomic mass is 19.4. The average molecular weight is 301 g/mol. The lowest BCUT2D eigenvalue weighted by Crippen LogP contribution is -2.08. The van der Waals surface area contributed by atoms with Gasteiger partial charge in [-0.2, -0.15) is 13.2 Å². The molecule has 0 bridgehead atoms. The van der Waals surface area contributed by atoms with Crippen molar-refractivity contribution >= 4 is 0 Å². The second-order valence-electron chi connectivity index (χ2n) is 4.35. The van der Waals surface area contributed by atoms with E-state index in [0.29, 0.717) is 23.4 Å². The zero-order chi connectivity index (χ0) is 15.6. The van der Waals surface area contributed by atoms with E-state index in [4.69, 9.17) is 9.84 Å². The zero-order valence-corrected chi connectivity index (χ0v) is 10.9. The van der Waals surface area contributed by atoms with E-state index >= 15 is 0 Å². The van der Waals surface area contributed by atoms with Gasteiger partial charge < -0.3 is 9.84 Å². The number of hydrogen-bond donors (Lipinski definition) is 1. The molecule has 3 nitrogen and oxygen atoms in total. The highest BCUT2D eigenvalue weighted by Gasteiger charge is 2.34. The maximum absolute atomic E-state index is 13.2. The molecular formula is C14H11F4NO2. The lowest BCUT2D eigenvalue weighted by molar-refractivity contribution is -0.140. The molecular weight excluding hydrogens is 290 g/mol. The van der Waals surface area contributed by atoms with Crippen LogP contribution in [0, 0.1) is 12.7 Å². The van der Waals surface area contributed by atoms with Gasteiger partial charge in [0.2, 0.25) is 5.88 Å². The molecule has 0 atom stereocenters. The van der Waals surface area contributed by atoms with Crippen LogP contribution in [-0.4, -0.2) is 10.1 Å². The predicted molar refractivity (Wildman–Crippen MR) is 66.4 cm³/mol.